The van der Waals surface area contributed by atoms with E-state index in [-0.39, 0.29) is 5.82 Å². The van der Waals surface area contributed by atoms with Crippen molar-refractivity contribution in [1.29, 1.82) is 0 Å². The SMILES string of the molecule is C/N=C(/c1ccccc1F)C1(O)CCCC1. The average molecular weight is 221 g/mol. The zero-order valence-corrected chi connectivity index (χ0v) is 9.41. The average Bonchev–Trinajstić information content (AvgIpc) is 2.70. The first-order valence-corrected chi connectivity index (χ1v) is 5.62. The smallest absolute Gasteiger partial charge is 0.132 e. The number of rotatable bonds is 2. The molecule has 0 bridgehead atoms. The predicted molar refractivity (Wildman–Crippen MR) is 62.3 cm³/mol. The summed E-state index contributed by atoms with van der Waals surface area (Å²) in [7, 11) is 1.61. The Morgan fingerprint density at radius 1 is 1.31 bits per heavy atom. The lowest BCUT2D eigenvalue weighted by Gasteiger charge is -2.24. The number of hydrogen-bond acceptors (Lipinski definition) is 2. The molecule has 2 rings (SSSR count). The highest BCUT2D eigenvalue weighted by molar-refractivity contribution is 6.06. The molecule has 2 nitrogen and oxygen atoms in total. The summed E-state index contributed by atoms with van der Waals surface area (Å²) in [5.74, 6) is -0.316. The third-order valence-corrected chi connectivity index (χ3v) is 3.22. The molecule has 3 heteroatoms. The van der Waals surface area contributed by atoms with Crippen molar-refractivity contribution in [2.75, 3.05) is 7.05 Å². The molecule has 1 fully saturated rings. The highest BCUT2D eigenvalue weighted by Crippen LogP contribution is 2.33. The second-order valence-electron chi connectivity index (χ2n) is 4.29. The lowest BCUT2D eigenvalue weighted by atomic mass is 9.90. The fourth-order valence-corrected chi connectivity index (χ4v) is 2.43. The molecule has 0 unspecified atom stereocenters. The molecule has 0 spiro atoms. The minimum atomic E-state index is -0.934. The van der Waals surface area contributed by atoms with Crippen LogP contribution in [0.3, 0.4) is 0 Å². The summed E-state index contributed by atoms with van der Waals surface area (Å²) >= 11 is 0. The zero-order chi connectivity index (χ0) is 11.6. The first kappa shape index (κ1) is 11.3. The number of hydrogen-bond donors (Lipinski definition) is 1. The van der Waals surface area contributed by atoms with Gasteiger partial charge in [0, 0.05) is 12.6 Å². The maximum Gasteiger partial charge on any atom is 0.132 e. The van der Waals surface area contributed by atoms with Crippen molar-refractivity contribution in [2.45, 2.75) is 31.3 Å². The quantitative estimate of drug-likeness (QED) is 0.765. The van der Waals surface area contributed by atoms with Gasteiger partial charge in [-0.05, 0) is 18.9 Å². The van der Waals surface area contributed by atoms with Gasteiger partial charge in [-0.1, -0.05) is 31.0 Å². The summed E-state index contributed by atoms with van der Waals surface area (Å²) in [5, 5.41) is 10.4. The van der Waals surface area contributed by atoms with E-state index in [0.717, 1.165) is 12.8 Å². The van der Waals surface area contributed by atoms with Crippen molar-refractivity contribution in [3.8, 4) is 0 Å². The Balaban J connectivity index is 2.41. The molecular formula is C13H16FNO. The minimum Gasteiger partial charge on any atom is -0.384 e. The highest BCUT2D eigenvalue weighted by atomic mass is 19.1. The number of nitrogens with zero attached hydrogens (tertiary/aromatic N) is 1. The van der Waals surface area contributed by atoms with Gasteiger partial charge in [-0.2, -0.15) is 0 Å². The van der Waals surface area contributed by atoms with E-state index in [9.17, 15) is 9.50 Å². The Labute approximate surface area is 94.8 Å². The molecule has 1 aliphatic carbocycles. The molecule has 0 heterocycles. The summed E-state index contributed by atoms with van der Waals surface area (Å²) in [5.41, 5.74) is -0.0192. The van der Waals surface area contributed by atoms with Gasteiger partial charge in [-0.3, -0.25) is 4.99 Å². The van der Waals surface area contributed by atoms with Crippen LogP contribution in [0.1, 0.15) is 31.2 Å². The molecule has 0 aromatic heterocycles. The molecule has 16 heavy (non-hydrogen) atoms. The van der Waals surface area contributed by atoms with E-state index in [1.165, 1.54) is 6.07 Å². The second kappa shape index (κ2) is 4.34. The summed E-state index contributed by atoms with van der Waals surface area (Å²) in [4.78, 5) is 4.10. The van der Waals surface area contributed by atoms with Gasteiger partial charge in [0.25, 0.3) is 0 Å². The molecule has 1 aromatic rings. The van der Waals surface area contributed by atoms with Crippen LogP contribution in [0.15, 0.2) is 29.3 Å². The third-order valence-electron chi connectivity index (χ3n) is 3.22. The highest BCUT2D eigenvalue weighted by Gasteiger charge is 2.37. The lowest BCUT2D eigenvalue weighted by Crippen LogP contribution is -2.36. The van der Waals surface area contributed by atoms with Crippen molar-refractivity contribution >= 4 is 5.71 Å². The van der Waals surface area contributed by atoms with Crippen LogP contribution >= 0.6 is 0 Å². The Morgan fingerprint density at radius 2 is 1.94 bits per heavy atom. The number of halogens is 1. The second-order valence-corrected chi connectivity index (χ2v) is 4.29. The monoisotopic (exact) mass is 221 g/mol. The lowest BCUT2D eigenvalue weighted by molar-refractivity contribution is 0.120. The largest absolute Gasteiger partial charge is 0.384 e. The van der Waals surface area contributed by atoms with E-state index in [1.54, 1.807) is 25.2 Å². The molecule has 1 aliphatic rings. The van der Waals surface area contributed by atoms with Gasteiger partial charge < -0.3 is 5.11 Å². The predicted octanol–water partition coefficient (Wildman–Crippen LogP) is 2.55. The Kier molecular flexibility index (Phi) is 3.06. The maximum absolute atomic E-state index is 13.7. The van der Waals surface area contributed by atoms with Crippen molar-refractivity contribution in [1.82, 2.24) is 0 Å². The minimum absolute atomic E-state index is 0.316. The molecule has 86 valence electrons. The molecule has 0 radical (unpaired) electrons. The molecule has 1 N–H and O–H groups in total. The molecule has 1 saturated carbocycles. The van der Waals surface area contributed by atoms with E-state index < -0.39 is 5.60 Å². The van der Waals surface area contributed by atoms with Gasteiger partial charge in [-0.15, -0.1) is 0 Å². The van der Waals surface area contributed by atoms with Crippen molar-refractivity contribution in [3.05, 3.63) is 35.6 Å². The molecule has 0 atom stereocenters. The van der Waals surface area contributed by atoms with Crippen LogP contribution in [0.2, 0.25) is 0 Å². The van der Waals surface area contributed by atoms with Crippen LogP contribution in [0.4, 0.5) is 4.39 Å². The summed E-state index contributed by atoms with van der Waals surface area (Å²) in [6.45, 7) is 0. The van der Waals surface area contributed by atoms with E-state index in [2.05, 4.69) is 4.99 Å². The summed E-state index contributed by atoms with van der Waals surface area (Å²) in [6.07, 6.45) is 3.30. The molecule has 0 saturated heterocycles. The normalized spacial score (nSPS) is 20.1. The van der Waals surface area contributed by atoms with E-state index >= 15 is 0 Å². The van der Waals surface area contributed by atoms with Gasteiger partial charge in [0.2, 0.25) is 0 Å². The van der Waals surface area contributed by atoms with Gasteiger partial charge in [0.05, 0.1) is 5.71 Å². The fourth-order valence-electron chi connectivity index (χ4n) is 2.43. The van der Waals surface area contributed by atoms with Crippen LogP contribution < -0.4 is 0 Å². The standard InChI is InChI=1S/C13H16FNO/c1-15-12(13(16)8-4-5-9-13)10-6-2-3-7-11(10)14/h2-3,6-7,16H,4-5,8-9H2,1H3/b15-12-. The topological polar surface area (TPSA) is 32.6 Å². The van der Waals surface area contributed by atoms with E-state index in [0.29, 0.717) is 24.1 Å². The van der Waals surface area contributed by atoms with Crippen molar-refractivity contribution in [2.24, 2.45) is 4.99 Å². The van der Waals surface area contributed by atoms with Gasteiger partial charge in [-0.25, -0.2) is 4.39 Å². The van der Waals surface area contributed by atoms with Crippen LogP contribution in [-0.4, -0.2) is 23.5 Å². The first-order chi connectivity index (χ1) is 7.67. The maximum atomic E-state index is 13.7. The van der Waals surface area contributed by atoms with E-state index in [1.807, 2.05) is 0 Å². The zero-order valence-electron chi connectivity index (χ0n) is 9.41. The van der Waals surface area contributed by atoms with Gasteiger partial charge in [0.1, 0.15) is 11.4 Å². The third kappa shape index (κ3) is 1.87. The Morgan fingerprint density at radius 3 is 2.50 bits per heavy atom. The van der Waals surface area contributed by atoms with Crippen LogP contribution in [-0.2, 0) is 0 Å². The van der Waals surface area contributed by atoms with Gasteiger partial charge in [0.15, 0.2) is 0 Å². The van der Waals surface area contributed by atoms with Crippen LogP contribution in [0, 0.1) is 5.82 Å². The molecule has 1 aromatic carbocycles. The van der Waals surface area contributed by atoms with Crippen LogP contribution in [0.25, 0.3) is 0 Å². The molecule has 0 aliphatic heterocycles. The Bertz CT molecular complexity index is 408. The summed E-state index contributed by atoms with van der Waals surface area (Å²) < 4.78 is 13.7. The number of aliphatic imine (C=N–C) groups is 1. The number of benzene rings is 1. The van der Waals surface area contributed by atoms with Gasteiger partial charge >= 0.3 is 0 Å². The van der Waals surface area contributed by atoms with Crippen molar-refractivity contribution in [3.63, 3.8) is 0 Å². The summed E-state index contributed by atoms with van der Waals surface area (Å²) in [6, 6.07) is 6.49. The Hall–Kier alpha value is -1.22. The molecule has 0 amide bonds. The van der Waals surface area contributed by atoms with Crippen molar-refractivity contribution < 1.29 is 9.50 Å². The van der Waals surface area contributed by atoms with E-state index in [4.69, 9.17) is 0 Å². The van der Waals surface area contributed by atoms with Crippen LogP contribution in [0.5, 0.6) is 0 Å². The first-order valence-electron chi connectivity index (χ1n) is 5.62. The molecular weight excluding hydrogens is 205 g/mol. The fraction of sp³-hybridized carbons (Fsp3) is 0.462. The number of aliphatic hydroxyl groups is 1.